The molecule has 13 heteroatoms. The van der Waals surface area contributed by atoms with Gasteiger partial charge in [0.2, 0.25) is 11.8 Å². The molecule has 3 aliphatic rings. The third-order valence-corrected chi connectivity index (χ3v) is 10.3. The largest absolute Gasteiger partial charge is 0.373 e. The minimum Gasteiger partial charge on any atom is -0.373 e. The SMILES string of the molecule is CO[C@@H](C(=O)N1Cc2[nH]nc(NC(=O)c3ccc(N4CCC(N(C)Cc5ccccc5NC5CCC(=O)NC5=O)CC4)cc3)c2C1)c1ccccc1. The standard InChI is InChI=1S/C39H44N8O5/c1-45(22-27-10-6-7-11-31(27)40-32-16-17-34(48)41-38(32)50)28-18-20-46(21-19-28)29-14-12-26(13-15-29)37(49)42-36-30-23-47(24-33(30)43-44-36)39(51)35(52-2)25-8-4-3-5-9-25/h3-15,28,32,35,40H,16-24H2,1-2H3,(H,41,48,50)(H2,42,43,44,49)/t32?,35-/m1/s1. The molecule has 1 unspecified atom stereocenters. The van der Waals surface area contributed by atoms with Crippen LogP contribution in [-0.4, -0.2) is 83.0 Å². The fraction of sp³-hybridized carbons (Fsp3) is 0.359. The Morgan fingerprint density at radius 1 is 0.962 bits per heavy atom. The fourth-order valence-electron chi connectivity index (χ4n) is 7.36. The van der Waals surface area contributed by atoms with Crippen LogP contribution in [0.4, 0.5) is 17.2 Å². The number of H-pyrrole nitrogens is 1. The van der Waals surface area contributed by atoms with Gasteiger partial charge in [0.25, 0.3) is 11.8 Å². The molecule has 4 aromatic rings. The van der Waals surface area contributed by atoms with Crippen molar-refractivity contribution in [1.29, 1.82) is 0 Å². The van der Waals surface area contributed by atoms with Gasteiger partial charge in [-0.3, -0.25) is 34.5 Å². The van der Waals surface area contributed by atoms with Gasteiger partial charge in [0.1, 0.15) is 6.04 Å². The van der Waals surface area contributed by atoms with Crippen molar-refractivity contribution in [3.8, 4) is 0 Å². The van der Waals surface area contributed by atoms with E-state index in [0.29, 0.717) is 43.4 Å². The van der Waals surface area contributed by atoms with Crippen molar-refractivity contribution in [3.05, 3.63) is 107 Å². The first-order valence-corrected chi connectivity index (χ1v) is 17.7. The summed E-state index contributed by atoms with van der Waals surface area (Å²) >= 11 is 0. The highest BCUT2D eigenvalue weighted by Crippen LogP contribution is 2.31. The molecule has 0 bridgehead atoms. The van der Waals surface area contributed by atoms with E-state index in [0.717, 1.165) is 66.2 Å². The highest BCUT2D eigenvalue weighted by Gasteiger charge is 2.34. The van der Waals surface area contributed by atoms with Crippen LogP contribution in [-0.2, 0) is 38.8 Å². The van der Waals surface area contributed by atoms with Crippen molar-refractivity contribution in [3.63, 3.8) is 0 Å². The van der Waals surface area contributed by atoms with Crippen molar-refractivity contribution in [1.82, 2.24) is 25.3 Å². The van der Waals surface area contributed by atoms with E-state index in [4.69, 9.17) is 4.74 Å². The number of para-hydroxylation sites is 1. The zero-order chi connectivity index (χ0) is 36.2. The minimum atomic E-state index is -0.708. The molecule has 4 heterocycles. The molecule has 0 saturated carbocycles. The number of aromatic nitrogens is 2. The quantitative estimate of drug-likeness (QED) is 0.168. The van der Waals surface area contributed by atoms with Crippen molar-refractivity contribution in [2.45, 2.75) is 63.5 Å². The molecule has 3 aliphatic heterocycles. The third-order valence-electron chi connectivity index (χ3n) is 10.3. The summed E-state index contributed by atoms with van der Waals surface area (Å²) in [6, 6.07) is 25.0. The average molecular weight is 705 g/mol. The molecule has 0 aliphatic carbocycles. The van der Waals surface area contributed by atoms with E-state index >= 15 is 0 Å². The second-order valence-corrected chi connectivity index (χ2v) is 13.7. The van der Waals surface area contributed by atoms with Crippen molar-refractivity contribution >= 4 is 40.8 Å². The Balaban J connectivity index is 0.903. The number of anilines is 3. The predicted octanol–water partition coefficient (Wildman–Crippen LogP) is 4.21. The van der Waals surface area contributed by atoms with E-state index in [1.54, 1.807) is 4.90 Å². The van der Waals surface area contributed by atoms with E-state index < -0.39 is 12.1 Å². The molecule has 2 fully saturated rings. The maximum absolute atomic E-state index is 13.3. The van der Waals surface area contributed by atoms with Gasteiger partial charge in [0, 0.05) is 61.7 Å². The lowest BCUT2D eigenvalue weighted by atomic mass is 10.0. The summed E-state index contributed by atoms with van der Waals surface area (Å²) in [6.45, 7) is 3.20. The molecule has 2 atom stereocenters. The molecular weight excluding hydrogens is 660 g/mol. The molecule has 13 nitrogen and oxygen atoms in total. The van der Waals surface area contributed by atoms with Crippen LogP contribution in [0, 0.1) is 0 Å². The number of rotatable bonds is 11. The van der Waals surface area contributed by atoms with Crippen LogP contribution in [0.5, 0.6) is 0 Å². The van der Waals surface area contributed by atoms with Gasteiger partial charge in [-0.05, 0) is 67.8 Å². The highest BCUT2D eigenvalue weighted by atomic mass is 16.5. The number of fused-ring (bicyclic) bond motifs is 1. The van der Waals surface area contributed by atoms with E-state index in [1.165, 1.54) is 7.11 Å². The lowest BCUT2D eigenvalue weighted by molar-refractivity contribution is -0.143. The number of methoxy groups -OCH3 is 1. The number of benzene rings is 3. The number of hydrogen-bond donors (Lipinski definition) is 4. The molecule has 4 N–H and O–H groups in total. The molecular formula is C39H44N8O5. The highest BCUT2D eigenvalue weighted by molar-refractivity contribution is 6.04. The maximum Gasteiger partial charge on any atom is 0.256 e. The summed E-state index contributed by atoms with van der Waals surface area (Å²) in [5, 5.41) is 16.0. The molecule has 7 rings (SSSR count). The number of nitrogens with zero attached hydrogens (tertiary/aromatic N) is 4. The topological polar surface area (TPSA) is 152 Å². The molecule has 4 amide bonds. The summed E-state index contributed by atoms with van der Waals surface area (Å²) < 4.78 is 5.55. The molecule has 0 radical (unpaired) electrons. The average Bonchev–Trinajstić information content (AvgIpc) is 3.76. The normalized spacial score (nSPS) is 18.2. The van der Waals surface area contributed by atoms with Gasteiger partial charge >= 0.3 is 0 Å². The van der Waals surface area contributed by atoms with Crippen LogP contribution >= 0.6 is 0 Å². The zero-order valence-electron chi connectivity index (χ0n) is 29.4. The zero-order valence-corrected chi connectivity index (χ0v) is 29.4. The predicted molar refractivity (Wildman–Crippen MR) is 196 cm³/mol. The number of carbonyl (C=O) groups excluding carboxylic acids is 4. The fourth-order valence-corrected chi connectivity index (χ4v) is 7.36. The van der Waals surface area contributed by atoms with E-state index in [-0.39, 0.29) is 23.6 Å². The van der Waals surface area contributed by atoms with Crippen LogP contribution < -0.4 is 20.9 Å². The lowest BCUT2D eigenvalue weighted by Crippen LogP contribution is -2.47. The summed E-state index contributed by atoms with van der Waals surface area (Å²) in [5.41, 5.74) is 5.99. The van der Waals surface area contributed by atoms with E-state index in [9.17, 15) is 19.2 Å². The molecule has 1 aromatic heterocycles. The number of imide groups is 1. The number of carbonyl (C=O) groups is 4. The number of hydrogen-bond acceptors (Lipinski definition) is 9. The first kappa shape index (κ1) is 34.9. The van der Waals surface area contributed by atoms with Crippen LogP contribution in [0.25, 0.3) is 0 Å². The Bertz CT molecular complexity index is 1920. The third kappa shape index (κ3) is 7.55. The molecule has 0 spiro atoms. The van der Waals surface area contributed by atoms with Gasteiger partial charge in [0.15, 0.2) is 11.9 Å². The summed E-state index contributed by atoms with van der Waals surface area (Å²) in [6.07, 6.45) is 2.09. The van der Waals surface area contributed by atoms with Gasteiger partial charge in [-0.25, -0.2) is 0 Å². The number of ether oxygens (including phenoxy) is 1. The smallest absolute Gasteiger partial charge is 0.256 e. The van der Waals surface area contributed by atoms with Gasteiger partial charge < -0.3 is 25.2 Å². The number of piperidine rings is 2. The van der Waals surface area contributed by atoms with Crippen molar-refractivity contribution < 1.29 is 23.9 Å². The van der Waals surface area contributed by atoms with Crippen LogP contribution in [0.15, 0.2) is 78.9 Å². The van der Waals surface area contributed by atoms with Gasteiger partial charge in [0.05, 0.1) is 18.8 Å². The van der Waals surface area contributed by atoms with Crippen molar-refractivity contribution in [2.75, 3.05) is 42.8 Å². The van der Waals surface area contributed by atoms with Crippen LogP contribution in [0.2, 0.25) is 0 Å². The number of amides is 4. The molecule has 3 aromatic carbocycles. The second-order valence-electron chi connectivity index (χ2n) is 13.7. The van der Waals surface area contributed by atoms with Gasteiger partial charge in [-0.2, -0.15) is 5.10 Å². The summed E-state index contributed by atoms with van der Waals surface area (Å²) in [4.78, 5) is 56.9. The molecule has 270 valence electrons. The first-order chi connectivity index (χ1) is 25.3. The Morgan fingerprint density at radius 3 is 2.42 bits per heavy atom. The Hall–Kier alpha value is -5.53. The second kappa shape index (κ2) is 15.4. The minimum absolute atomic E-state index is 0.147. The van der Waals surface area contributed by atoms with E-state index in [1.807, 2.05) is 72.8 Å². The Morgan fingerprint density at radius 2 is 1.69 bits per heavy atom. The Labute approximate surface area is 302 Å². The van der Waals surface area contributed by atoms with Crippen molar-refractivity contribution in [2.24, 2.45) is 0 Å². The van der Waals surface area contributed by atoms with Crippen LogP contribution in [0.3, 0.4) is 0 Å². The Kier molecular flexibility index (Phi) is 10.3. The van der Waals surface area contributed by atoms with Gasteiger partial charge in [-0.1, -0.05) is 48.5 Å². The van der Waals surface area contributed by atoms with Gasteiger partial charge in [-0.15, -0.1) is 0 Å². The summed E-state index contributed by atoms with van der Waals surface area (Å²) in [7, 11) is 3.67. The number of nitrogens with one attached hydrogen (secondary N) is 4. The number of aromatic amines is 1. The monoisotopic (exact) mass is 704 g/mol. The molecule has 2 saturated heterocycles. The molecule has 52 heavy (non-hydrogen) atoms. The first-order valence-electron chi connectivity index (χ1n) is 17.7. The van der Waals surface area contributed by atoms with E-state index in [2.05, 4.69) is 49.1 Å². The van der Waals surface area contributed by atoms with Crippen LogP contribution in [0.1, 0.15) is 64.5 Å². The maximum atomic E-state index is 13.3. The lowest BCUT2D eigenvalue weighted by Gasteiger charge is -2.38. The summed E-state index contributed by atoms with van der Waals surface area (Å²) in [5.74, 6) is -0.484.